The van der Waals surface area contributed by atoms with Crippen molar-refractivity contribution >= 4 is 17.6 Å². The Morgan fingerprint density at radius 2 is 1.78 bits per heavy atom. The van der Waals surface area contributed by atoms with Crippen LogP contribution >= 0.6 is 11.6 Å². The molecule has 4 nitrogen and oxygen atoms in total. The van der Waals surface area contributed by atoms with Crippen molar-refractivity contribution in [2.45, 2.75) is 82.3 Å². The predicted molar refractivity (Wildman–Crippen MR) is 108 cm³/mol. The lowest BCUT2D eigenvalue weighted by atomic mass is 9.83. The van der Waals surface area contributed by atoms with E-state index in [4.69, 9.17) is 16.7 Å². The Morgan fingerprint density at radius 3 is 2.37 bits per heavy atom. The lowest BCUT2D eigenvalue weighted by Gasteiger charge is -2.25. The van der Waals surface area contributed by atoms with Gasteiger partial charge in [-0.25, -0.2) is 0 Å². The number of carboxylic acid groups (broad SMARTS) is 1. The van der Waals surface area contributed by atoms with E-state index in [0.29, 0.717) is 6.42 Å². The fourth-order valence-corrected chi connectivity index (χ4v) is 4.67. The molecule has 0 aliphatic heterocycles. The van der Waals surface area contributed by atoms with Gasteiger partial charge in [0, 0.05) is 17.7 Å². The van der Waals surface area contributed by atoms with E-state index < -0.39 is 18.2 Å². The Labute approximate surface area is 167 Å². The first-order valence-corrected chi connectivity index (χ1v) is 10.6. The van der Waals surface area contributed by atoms with E-state index in [1.807, 2.05) is 38.1 Å². The Hall–Kier alpha value is -1.10. The number of halogens is 1. The third-order valence-corrected chi connectivity index (χ3v) is 6.28. The topological polar surface area (TPSA) is 77.8 Å². The molecule has 0 spiro atoms. The number of aliphatic hydroxyl groups is 2. The van der Waals surface area contributed by atoms with Crippen LogP contribution < -0.4 is 0 Å². The van der Waals surface area contributed by atoms with Gasteiger partial charge in [-0.05, 0) is 42.2 Å². The summed E-state index contributed by atoms with van der Waals surface area (Å²) in [6, 6.07) is 7.95. The van der Waals surface area contributed by atoms with Gasteiger partial charge in [0.05, 0.1) is 12.2 Å². The van der Waals surface area contributed by atoms with Gasteiger partial charge in [0.1, 0.15) is 0 Å². The standard InChI is InChI=1S/C22H33ClO4/c1-14(2)22(27)16-11-9-15(10-12-16)21-17(18(23)13-19(21)24)7-5-3-4-6-8-20(25)26/h9-12,14,17-19,21-22,24,27H,3-8,13H2,1-2H3,(H,25,26)/t17-,18+,19+,21+,22?/m0/s1. The number of aliphatic carboxylic acids is 1. The first-order valence-electron chi connectivity index (χ1n) is 10.1. The molecule has 152 valence electrons. The molecular formula is C22H33ClO4. The van der Waals surface area contributed by atoms with E-state index in [9.17, 15) is 15.0 Å². The summed E-state index contributed by atoms with van der Waals surface area (Å²) in [6.07, 6.45) is 4.50. The van der Waals surface area contributed by atoms with E-state index in [2.05, 4.69) is 0 Å². The van der Waals surface area contributed by atoms with E-state index in [-0.39, 0.29) is 29.6 Å². The highest BCUT2D eigenvalue weighted by atomic mass is 35.5. The zero-order chi connectivity index (χ0) is 20.0. The summed E-state index contributed by atoms with van der Waals surface area (Å²) in [5.41, 5.74) is 1.99. The highest BCUT2D eigenvalue weighted by Gasteiger charge is 2.41. The fourth-order valence-electron chi connectivity index (χ4n) is 4.20. The van der Waals surface area contributed by atoms with Crippen molar-refractivity contribution in [3.8, 4) is 0 Å². The molecule has 1 aliphatic carbocycles. The van der Waals surface area contributed by atoms with Crippen molar-refractivity contribution in [3.05, 3.63) is 35.4 Å². The normalized spacial score (nSPS) is 26.4. The van der Waals surface area contributed by atoms with Gasteiger partial charge >= 0.3 is 5.97 Å². The van der Waals surface area contributed by atoms with Gasteiger partial charge in [-0.15, -0.1) is 11.6 Å². The second kappa shape index (κ2) is 10.4. The van der Waals surface area contributed by atoms with Crippen LogP contribution in [0.4, 0.5) is 0 Å². The van der Waals surface area contributed by atoms with E-state index in [1.54, 1.807) is 0 Å². The highest BCUT2D eigenvalue weighted by Crippen LogP contribution is 2.45. The van der Waals surface area contributed by atoms with Crippen LogP contribution in [0.1, 0.15) is 81.9 Å². The Morgan fingerprint density at radius 1 is 1.15 bits per heavy atom. The van der Waals surface area contributed by atoms with Crippen LogP contribution in [0.2, 0.25) is 0 Å². The third kappa shape index (κ3) is 6.20. The molecule has 2 rings (SSSR count). The van der Waals surface area contributed by atoms with Crippen LogP contribution in [-0.2, 0) is 4.79 Å². The molecule has 1 fully saturated rings. The van der Waals surface area contributed by atoms with Crippen LogP contribution in [0.15, 0.2) is 24.3 Å². The fraction of sp³-hybridized carbons (Fsp3) is 0.682. The summed E-state index contributed by atoms with van der Waals surface area (Å²) in [7, 11) is 0. The molecule has 0 bridgehead atoms. The van der Waals surface area contributed by atoms with Gasteiger partial charge in [-0.3, -0.25) is 4.79 Å². The van der Waals surface area contributed by atoms with E-state index in [1.165, 1.54) is 0 Å². The number of carboxylic acids is 1. The number of benzene rings is 1. The van der Waals surface area contributed by atoms with Crippen molar-refractivity contribution in [1.29, 1.82) is 0 Å². The highest BCUT2D eigenvalue weighted by molar-refractivity contribution is 6.21. The average molecular weight is 397 g/mol. The quantitative estimate of drug-likeness (QED) is 0.389. The maximum Gasteiger partial charge on any atom is 0.303 e. The van der Waals surface area contributed by atoms with Crippen molar-refractivity contribution in [1.82, 2.24) is 0 Å². The van der Waals surface area contributed by atoms with Gasteiger partial charge < -0.3 is 15.3 Å². The van der Waals surface area contributed by atoms with Crippen LogP contribution in [0.3, 0.4) is 0 Å². The van der Waals surface area contributed by atoms with Crippen LogP contribution in [0, 0.1) is 11.8 Å². The molecule has 27 heavy (non-hydrogen) atoms. The summed E-state index contributed by atoms with van der Waals surface area (Å²) in [6.45, 7) is 3.98. The lowest BCUT2D eigenvalue weighted by molar-refractivity contribution is -0.137. The number of carbonyl (C=O) groups is 1. The Balaban J connectivity index is 1.95. The molecule has 0 amide bonds. The minimum absolute atomic E-state index is 0.0248. The number of rotatable bonds is 10. The largest absolute Gasteiger partial charge is 0.481 e. The maximum absolute atomic E-state index is 10.6. The molecule has 0 aromatic heterocycles. The zero-order valence-electron chi connectivity index (χ0n) is 16.4. The summed E-state index contributed by atoms with van der Waals surface area (Å²) >= 11 is 6.54. The number of hydrogen-bond donors (Lipinski definition) is 3. The minimum Gasteiger partial charge on any atom is -0.481 e. The molecule has 1 aromatic rings. The minimum atomic E-state index is -0.735. The van der Waals surface area contributed by atoms with Gasteiger partial charge in [-0.1, -0.05) is 57.4 Å². The van der Waals surface area contributed by atoms with Crippen molar-refractivity contribution < 1.29 is 20.1 Å². The monoisotopic (exact) mass is 396 g/mol. The molecule has 1 aromatic carbocycles. The maximum atomic E-state index is 10.6. The van der Waals surface area contributed by atoms with Crippen molar-refractivity contribution in [3.63, 3.8) is 0 Å². The molecular weight excluding hydrogens is 364 g/mol. The lowest BCUT2D eigenvalue weighted by Crippen LogP contribution is -2.19. The molecule has 0 saturated heterocycles. The van der Waals surface area contributed by atoms with Gasteiger partial charge in [0.15, 0.2) is 0 Å². The summed E-state index contributed by atoms with van der Waals surface area (Å²) < 4.78 is 0. The van der Waals surface area contributed by atoms with E-state index in [0.717, 1.165) is 43.2 Å². The number of aliphatic hydroxyl groups excluding tert-OH is 2. The number of unbranched alkanes of at least 4 members (excludes halogenated alkanes) is 3. The molecule has 0 heterocycles. The molecule has 1 saturated carbocycles. The van der Waals surface area contributed by atoms with Crippen LogP contribution in [-0.4, -0.2) is 32.8 Å². The van der Waals surface area contributed by atoms with Gasteiger partial charge in [0.25, 0.3) is 0 Å². The zero-order valence-corrected chi connectivity index (χ0v) is 17.1. The molecule has 1 aliphatic rings. The Kier molecular flexibility index (Phi) is 8.59. The molecule has 3 N–H and O–H groups in total. The summed E-state index contributed by atoms with van der Waals surface area (Å²) in [5.74, 6) is -0.325. The van der Waals surface area contributed by atoms with E-state index >= 15 is 0 Å². The Bertz CT molecular complexity index is 586. The average Bonchev–Trinajstić information content (AvgIpc) is 2.90. The van der Waals surface area contributed by atoms with Crippen molar-refractivity contribution in [2.24, 2.45) is 11.8 Å². The number of alkyl halides is 1. The first-order chi connectivity index (χ1) is 12.8. The second-order valence-electron chi connectivity index (χ2n) is 8.21. The second-order valence-corrected chi connectivity index (χ2v) is 8.77. The van der Waals surface area contributed by atoms with Crippen LogP contribution in [0.5, 0.6) is 0 Å². The smallest absolute Gasteiger partial charge is 0.303 e. The third-order valence-electron chi connectivity index (χ3n) is 5.78. The first kappa shape index (κ1) is 22.2. The molecule has 0 radical (unpaired) electrons. The molecule has 5 heteroatoms. The van der Waals surface area contributed by atoms with Gasteiger partial charge in [0.2, 0.25) is 0 Å². The summed E-state index contributed by atoms with van der Waals surface area (Å²) in [5, 5.41) is 29.4. The molecule has 5 atom stereocenters. The van der Waals surface area contributed by atoms with Gasteiger partial charge in [-0.2, -0.15) is 0 Å². The predicted octanol–water partition coefficient (Wildman–Crippen LogP) is 4.87. The SMILES string of the molecule is CC(C)C(O)c1ccc([C@@H]2[C@@H](CCCCCCC(=O)O)[C@H](Cl)C[C@H]2O)cc1. The summed E-state index contributed by atoms with van der Waals surface area (Å²) in [4.78, 5) is 10.6. The van der Waals surface area contributed by atoms with Crippen molar-refractivity contribution in [2.75, 3.05) is 0 Å². The molecule has 1 unspecified atom stereocenters. The number of hydrogen-bond acceptors (Lipinski definition) is 3. The van der Waals surface area contributed by atoms with Crippen LogP contribution in [0.25, 0.3) is 0 Å².